The zero-order valence-corrected chi connectivity index (χ0v) is 38.9. The molecule has 70 heavy (non-hydrogen) atoms. The normalized spacial score (nSPS) is 12.9. The van der Waals surface area contributed by atoms with Crippen LogP contribution in [-0.2, 0) is 46.5 Å². The van der Waals surface area contributed by atoms with Gasteiger partial charge < -0.3 is 4.90 Å². The van der Waals surface area contributed by atoms with Crippen LogP contribution < -0.4 is 4.90 Å². The van der Waals surface area contributed by atoms with Crippen molar-refractivity contribution in [2.75, 3.05) is 4.90 Å². The van der Waals surface area contributed by atoms with E-state index < -0.39 is 66.3 Å². The highest BCUT2D eigenvalue weighted by molar-refractivity contribution is 7.89. The van der Waals surface area contributed by atoms with Crippen LogP contribution >= 0.6 is 0 Å². The lowest BCUT2D eigenvalue weighted by Crippen LogP contribution is -2.17. The van der Waals surface area contributed by atoms with Crippen LogP contribution in [0.15, 0.2) is 173 Å². The fourth-order valence-corrected chi connectivity index (χ4v) is 9.44. The number of anilines is 3. The van der Waals surface area contributed by atoms with Crippen LogP contribution in [0.4, 0.5) is 56.6 Å². The molecule has 0 bridgehead atoms. The molecule has 0 heterocycles. The molecule has 3 amide bonds. The van der Waals surface area contributed by atoms with Gasteiger partial charge in [-0.3, -0.25) is 14.4 Å². The quantitative estimate of drug-likeness (QED) is 0.123. The van der Waals surface area contributed by atoms with Crippen LogP contribution in [-0.4, -0.2) is 34.2 Å². The van der Waals surface area contributed by atoms with Gasteiger partial charge in [0, 0.05) is 118 Å². The Labute approximate surface area is 403 Å². The molecule has 0 aromatic heterocycles. The first kappa shape index (κ1) is 52.0. The third-order valence-electron chi connectivity index (χ3n) is 8.98. The summed E-state index contributed by atoms with van der Waals surface area (Å²) >= 11 is 0. The molecule has 3 unspecified atom stereocenters. The van der Waals surface area contributed by atoms with Crippen LogP contribution in [0.5, 0.6) is 0 Å². The van der Waals surface area contributed by atoms with Gasteiger partial charge in [0.1, 0.15) is 0 Å². The molecule has 7 nitrogen and oxygen atoms in total. The van der Waals surface area contributed by atoms with Gasteiger partial charge in [0.05, 0.1) is 0 Å². The minimum absolute atomic E-state index is 0.177. The summed E-state index contributed by atoms with van der Waals surface area (Å²) in [5, 5.41) is 0. The Balaban J connectivity index is 1.28. The van der Waals surface area contributed by atoms with E-state index in [4.69, 9.17) is 0 Å². The molecule has 0 saturated heterocycles. The highest BCUT2D eigenvalue weighted by atomic mass is 32.2. The van der Waals surface area contributed by atoms with Crippen molar-refractivity contribution in [3.8, 4) is 35.5 Å². The van der Waals surface area contributed by atoms with Crippen LogP contribution in [0.3, 0.4) is 0 Å². The SMILES string of the molecule is CC(=O)N=S(c1ccc(C#Cc2ccc(N(c3ccc(C#Cc4ccc(S(=NC(C)=O)C(F)(F)F)cc4)cc3)c3ccc(C#Cc4ccc(S(=NC(C)=O)C(F)(F)F)cc4)cc3)cc2)cc1)C(F)(F)F. The molecular weight excluding hydrogens is 984 g/mol. The van der Waals surface area contributed by atoms with Gasteiger partial charge in [-0.05, 0) is 146 Å². The minimum Gasteiger partial charge on any atom is -0.311 e. The maximum atomic E-state index is 13.6. The third-order valence-corrected chi connectivity index (χ3v) is 13.8. The predicted octanol–water partition coefficient (Wildman–Crippen LogP) is 13.0. The standard InChI is InChI=1S/C51H33F9N4O3S3/c1-34(65)61-68(49(52,53)54)46-28-16-40(17-29-46)7-4-37-10-22-43(23-11-37)64(44-24-12-38(13-25-44)5-8-41-18-30-47(31-19-41)69(50(55,56)57)62-35(2)66)45-26-14-39(15-27-45)6-9-42-20-32-48(33-21-42)70(51(58,59)60)63-36(3)67/h10-33H,1-3H3. The smallest absolute Gasteiger partial charge is 0.311 e. The van der Waals surface area contributed by atoms with E-state index in [1.165, 1.54) is 72.8 Å². The number of rotatable bonds is 6. The summed E-state index contributed by atoms with van der Waals surface area (Å²) in [6.45, 7) is 2.86. The number of alkyl halides is 9. The van der Waals surface area contributed by atoms with Gasteiger partial charge in [0.25, 0.3) is 0 Å². The number of carbonyl (C=O) groups is 3. The summed E-state index contributed by atoms with van der Waals surface area (Å²) in [4.78, 5) is 35.5. The molecule has 356 valence electrons. The molecule has 6 rings (SSSR count). The topological polar surface area (TPSA) is 91.5 Å². The van der Waals surface area contributed by atoms with Crippen LogP contribution in [0.1, 0.15) is 54.2 Å². The summed E-state index contributed by atoms with van der Waals surface area (Å²) in [6.07, 6.45) is 0. The lowest BCUT2D eigenvalue weighted by molar-refractivity contribution is -0.116. The van der Waals surface area contributed by atoms with Crippen molar-refractivity contribution in [3.05, 3.63) is 179 Å². The van der Waals surface area contributed by atoms with E-state index in [2.05, 4.69) is 48.6 Å². The van der Waals surface area contributed by atoms with Gasteiger partial charge in [0.2, 0.25) is 17.7 Å². The van der Waals surface area contributed by atoms with Crippen LogP contribution in [0.2, 0.25) is 0 Å². The van der Waals surface area contributed by atoms with Crippen molar-refractivity contribution < 1.29 is 53.9 Å². The van der Waals surface area contributed by atoms with E-state index in [0.29, 0.717) is 50.4 Å². The number of nitrogens with zero attached hydrogens (tertiary/aromatic N) is 4. The Morgan fingerprint density at radius 1 is 0.343 bits per heavy atom. The monoisotopic (exact) mass is 1020 g/mol. The molecule has 0 fully saturated rings. The maximum absolute atomic E-state index is 13.6. The Hall–Kier alpha value is -7.37. The lowest BCUT2D eigenvalue weighted by Gasteiger charge is -2.25. The van der Waals surface area contributed by atoms with Gasteiger partial charge >= 0.3 is 16.5 Å². The summed E-state index contributed by atoms with van der Waals surface area (Å²) in [6, 6.07) is 37.2. The largest absolute Gasteiger partial charge is 0.457 e. The Kier molecular flexibility index (Phi) is 16.6. The third kappa shape index (κ3) is 14.6. The first-order valence-electron chi connectivity index (χ1n) is 20.1. The average molecular weight is 1020 g/mol. The van der Waals surface area contributed by atoms with Crippen molar-refractivity contribution in [3.63, 3.8) is 0 Å². The van der Waals surface area contributed by atoms with Crippen molar-refractivity contribution >= 4 is 66.9 Å². The lowest BCUT2D eigenvalue weighted by atomic mass is 10.1. The van der Waals surface area contributed by atoms with Crippen molar-refractivity contribution in [1.29, 1.82) is 0 Å². The predicted molar refractivity (Wildman–Crippen MR) is 253 cm³/mol. The molecule has 0 aliphatic rings. The highest BCUT2D eigenvalue weighted by Gasteiger charge is 2.38. The molecule has 0 spiro atoms. The molecular formula is C51H33F9N4O3S3. The summed E-state index contributed by atoms with van der Waals surface area (Å²) < 4.78 is 132. The van der Waals surface area contributed by atoms with E-state index in [-0.39, 0.29) is 14.7 Å². The summed E-state index contributed by atoms with van der Waals surface area (Å²) in [7, 11) is -7.88. The van der Waals surface area contributed by atoms with Crippen LogP contribution in [0.25, 0.3) is 0 Å². The molecule has 0 saturated carbocycles. The van der Waals surface area contributed by atoms with Crippen molar-refractivity contribution in [2.45, 2.75) is 52.0 Å². The van der Waals surface area contributed by atoms with Gasteiger partial charge in [-0.1, -0.05) is 35.5 Å². The first-order chi connectivity index (χ1) is 33.0. The number of hydrogen-bond acceptors (Lipinski definition) is 4. The van der Waals surface area contributed by atoms with E-state index in [9.17, 15) is 53.9 Å². The Bertz CT molecular complexity index is 2880. The first-order valence-corrected chi connectivity index (χ1v) is 23.7. The molecule has 6 aromatic carbocycles. The number of amides is 3. The second kappa shape index (κ2) is 22.4. The Morgan fingerprint density at radius 2 is 0.514 bits per heavy atom. The molecule has 3 atom stereocenters. The maximum Gasteiger partial charge on any atom is 0.457 e. The summed E-state index contributed by atoms with van der Waals surface area (Å²) in [5.74, 6) is 15.0. The highest BCUT2D eigenvalue weighted by Crippen LogP contribution is 2.36. The minimum atomic E-state index is -4.73. The van der Waals surface area contributed by atoms with Crippen molar-refractivity contribution in [1.82, 2.24) is 0 Å². The number of hydrogen-bond donors (Lipinski definition) is 0. The second-order valence-corrected chi connectivity index (χ2v) is 19.4. The zero-order chi connectivity index (χ0) is 50.8. The average Bonchev–Trinajstić information content (AvgIpc) is 3.30. The fourth-order valence-electron chi connectivity index (χ4n) is 6.06. The van der Waals surface area contributed by atoms with Crippen molar-refractivity contribution in [2.24, 2.45) is 13.1 Å². The molecule has 0 aliphatic carbocycles. The number of carbonyl (C=O) groups excluding carboxylic acids is 3. The molecule has 0 aliphatic heterocycles. The van der Waals surface area contributed by atoms with Gasteiger partial charge in [-0.2, -0.15) is 52.6 Å². The van der Waals surface area contributed by atoms with Gasteiger partial charge in [-0.25, -0.2) is 0 Å². The fraction of sp³-hybridized carbons (Fsp3) is 0.118. The number of halogens is 9. The van der Waals surface area contributed by atoms with E-state index >= 15 is 0 Å². The van der Waals surface area contributed by atoms with Crippen LogP contribution in [0, 0.1) is 35.5 Å². The molecule has 0 N–H and O–H groups in total. The molecule has 19 heteroatoms. The Morgan fingerprint density at radius 3 is 0.671 bits per heavy atom. The van der Waals surface area contributed by atoms with Gasteiger partial charge in [0.15, 0.2) is 0 Å². The number of benzene rings is 6. The second-order valence-electron chi connectivity index (χ2n) is 14.3. The van der Waals surface area contributed by atoms with E-state index in [0.717, 1.165) is 20.8 Å². The zero-order valence-electron chi connectivity index (χ0n) is 36.5. The summed E-state index contributed by atoms with van der Waals surface area (Å²) in [5.41, 5.74) is -9.12. The van der Waals surface area contributed by atoms with E-state index in [1.54, 1.807) is 72.8 Å². The molecule has 6 aromatic rings. The molecule has 0 radical (unpaired) electrons. The van der Waals surface area contributed by atoms with Gasteiger partial charge in [-0.15, -0.1) is 0 Å². The van der Waals surface area contributed by atoms with E-state index in [1.807, 2.05) is 4.90 Å².